The molecule has 0 radical (unpaired) electrons. The number of aryl methyl sites for hydroxylation is 1. The van der Waals surface area contributed by atoms with E-state index < -0.39 is 6.67 Å². The number of alkyl halides is 1. The first kappa shape index (κ1) is 13.4. The number of ether oxygens (including phenoxy) is 1. The normalized spacial score (nSPS) is 11.3. The topological polar surface area (TPSA) is 14.2 Å². The molecular weight excluding hydrogens is 253 g/mol. The van der Waals surface area contributed by atoms with Gasteiger partial charge in [0.1, 0.15) is 11.8 Å². The van der Waals surface area contributed by atoms with E-state index in [0.717, 1.165) is 22.9 Å². The van der Waals surface area contributed by atoms with Crippen LogP contribution in [0, 0.1) is 0 Å². The van der Waals surface area contributed by atoms with Crippen molar-refractivity contribution >= 4 is 22.5 Å². The Morgan fingerprint density at radius 3 is 2.83 bits per heavy atom. The number of para-hydroxylation sites is 1. The van der Waals surface area contributed by atoms with Crippen LogP contribution >= 0.6 is 11.6 Å². The Kier molecular flexibility index (Phi) is 4.61. The molecule has 0 atom stereocenters. The summed E-state index contributed by atoms with van der Waals surface area (Å²) in [6.07, 6.45) is 0.973. The maximum absolute atomic E-state index is 12.6. The first-order valence-electron chi connectivity index (χ1n) is 6.19. The second-order valence-electron chi connectivity index (χ2n) is 4.18. The van der Waals surface area contributed by atoms with Crippen molar-refractivity contribution in [3.8, 4) is 0 Å². The maximum Gasteiger partial charge on any atom is 0.115 e. The van der Waals surface area contributed by atoms with Gasteiger partial charge in [-0.3, -0.25) is 0 Å². The Bertz CT molecular complexity index is 524. The highest BCUT2D eigenvalue weighted by Crippen LogP contribution is 2.30. The van der Waals surface area contributed by atoms with Gasteiger partial charge in [-0.15, -0.1) is 0 Å². The quantitative estimate of drug-likeness (QED) is 0.717. The molecule has 0 amide bonds. The number of benzene rings is 1. The van der Waals surface area contributed by atoms with Crippen LogP contribution in [0.1, 0.15) is 18.9 Å². The van der Waals surface area contributed by atoms with Crippen molar-refractivity contribution in [2.45, 2.75) is 26.5 Å². The molecule has 0 aliphatic carbocycles. The largest absolute Gasteiger partial charge is 0.377 e. The number of nitrogens with zero attached hydrogens (tertiary/aromatic N) is 1. The van der Waals surface area contributed by atoms with Crippen molar-refractivity contribution in [3.05, 3.63) is 35.0 Å². The lowest BCUT2D eigenvalue weighted by Gasteiger charge is -2.04. The summed E-state index contributed by atoms with van der Waals surface area (Å²) in [5.41, 5.74) is 1.92. The average Bonchev–Trinajstić information content (AvgIpc) is 2.65. The van der Waals surface area contributed by atoms with Gasteiger partial charge in [-0.2, -0.15) is 0 Å². The predicted molar refractivity (Wildman–Crippen MR) is 72.9 cm³/mol. The van der Waals surface area contributed by atoms with Gasteiger partial charge in [-0.1, -0.05) is 36.7 Å². The van der Waals surface area contributed by atoms with E-state index in [1.54, 1.807) is 0 Å². The van der Waals surface area contributed by atoms with Crippen LogP contribution in [-0.2, 0) is 17.9 Å². The van der Waals surface area contributed by atoms with Crippen molar-refractivity contribution in [2.24, 2.45) is 0 Å². The second kappa shape index (κ2) is 6.21. The smallest absolute Gasteiger partial charge is 0.115 e. The molecular formula is C14H17ClFNO. The van der Waals surface area contributed by atoms with Gasteiger partial charge >= 0.3 is 0 Å². The zero-order chi connectivity index (χ0) is 13.0. The Labute approximate surface area is 111 Å². The number of aromatic nitrogens is 1. The molecule has 0 bridgehead atoms. The van der Waals surface area contributed by atoms with E-state index in [1.807, 2.05) is 28.8 Å². The molecule has 0 N–H and O–H groups in total. The summed E-state index contributed by atoms with van der Waals surface area (Å²) in [5.74, 6) is 0. The van der Waals surface area contributed by atoms with Gasteiger partial charge in [-0.25, -0.2) is 4.39 Å². The van der Waals surface area contributed by atoms with Crippen LogP contribution in [0.4, 0.5) is 4.39 Å². The standard InChI is InChI=1S/C14H17ClFNO/c1-2-9-18-10-12-11-5-3-4-6-13(11)17(8-7-16)14(12)15/h3-6H,2,7-10H2,1H3. The molecule has 0 aliphatic rings. The van der Waals surface area contributed by atoms with Crippen molar-refractivity contribution in [1.29, 1.82) is 0 Å². The third kappa shape index (κ3) is 2.52. The van der Waals surface area contributed by atoms with Gasteiger partial charge in [0.2, 0.25) is 0 Å². The maximum atomic E-state index is 12.6. The molecule has 2 nitrogen and oxygen atoms in total. The molecule has 2 rings (SSSR count). The summed E-state index contributed by atoms with van der Waals surface area (Å²) in [7, 11) is 0. The van der Waals surface area contributed by atoms with E-state index in [0.29, 0.717) is 18.4 Å². The van der Waals surface area contributed by atoms with Gasteiger partial charge in [0, 0.05) is 23.1 Å². The molecule has 0 saturated carbocycles. The van der Waals surface area contributed by atoms with Crippen LogP contribution in [-0.4, -0.2) is 17.8 Å². The van der Waals surface area contributed by atoms with Gasteiger partial charge in [0.25, 0.3) is 0 Å². The van der Waals surface area contributed by atoms with Crippen molar-refractivity contribution in [3.63, 3.8) is 0 Å². The summed E-state index contributed by atoms with van der Waals surface area (Å²) in [5, 5.41) is 1.64. The minimum Gasteiger partial charge on any atom is -0.377 e. The summed E-state index contributed by atoms with van der Waals surface area (Å²) in [6, 6.07) is 7.85. The van der Waals surface area contributed by atoms with E-state index >= 15 is 0 Å². The molecule has 0 saturated heterocycles. The first-order chi connectivity index (χ1) is 8.79. The minimum absolute atomic E-state index is 0.285. The summed E-state index contributed by atoms with van der Waals surface area (Å²) in [6.45, 7) is 3.11. The van der Waals surface area contributed by atoms with Crippen LogP contribution < -0.4 is 0 Å². The minimum atomic E-state index is -0.423. The molecule has 98 valence electrons. The van der Waals surface area contributed by atoms with Crippen molar-refractivity contribution < 1.29 is 9.13 Å². The van der Waals surface area contributed by atoms with Crippen LogP contribution in [0.15, 0.2) is 24.3 Å². The summed E-state index contributed by atoms with van der Waals surface area (Å²) in [4.78, 5) is 0. The Morgan fingerprint density at radius 2 is 2.11 bits per heavy atom. The van der Waals surface area contributed by atoms with Crippen LogP contribution in [0.25, 0.3) is 10.9 Å². The fourth-order valence-corrected chi connectivity index (χ4v) is 2.43. The third-order valence-corrected chi connectivity index (χ3v) is 3.34. The van der Waals surface area contributed by atoms with Gasteiger partial charge < -0.3 is 9.30 Å². The van der Waals surface area contributed by atoms with Crippen LogP contribution in [0.3, 0.4) is 0 Å². The van der Waals surface area contributed by atoms with E-state index in [-0.39, 0.29) is 6.54 Å². The second-order valence-corrected chi connectivity index (χ2v) is 4.54. The lowest BCUT2D eigenvalue weighted by atomic mass is 10.2. The van der Waals surface area contributed by atoms with Crippen molar-refractivity contribution in [1.82, 2.24) is 4.57 Å². The number of rotatable bonds is 6. The Hall–Kier alpha value is -1.06. The number of fused-ring (bicyclic) bond motifs is 1. The monoisotopic (exact) mass is 269 g/mol. The summed E-state index contributed by atoms with van der Waals surface area (Å²) >= 11 is 6.33. The fourth-order valence-electron chi connectivity index (χ4n) is 2.10. The summed E-state index contributed by atoms with van der Waals surface area (Å²) < 4.78 is 20.0. The third-order valence-electron chi connectivity index (χ3n) is 2.91. The molecule has 0 unspecified atom stereocenters. The molecule has 4 heteroatoms. The average molecular weight is 270 g/mol. The molecule has 1 aromatic heterocycles. The van der Waals surface area contributed by atoms with E-state index in [9.17, 15) is 4.39 Å². The van der Waals surface area contributed by atoms with Gasteiger partial charge in [0.15, 0.2) is 0 Å². The number of hydrogen-bond donors (Lipinski definition) is 0. The van der Waals surface area contributed by atoms with E-state index in [1.165, 1.54) is 0 Å². The molecule has 0 aliphatic heterocycles. The SMILES string of the molecule is CCCOCc1c(Cl)n(CCF)c2ccccc12. The lowest BCUT2D eigenvalue weighted by Crippen LogP contribution is -2.00. The van der Waals surface area contributed by atoms with E-state index in [4.69, 9.17) is 16.3 Å². The van der Waals surface area contributed by atoms with Crippen LogP contribution in [0.5, 0.6) is 0 Å². The molecule has 18 heavy (non-hydrogen) atoms. The highest BCUT2D eigenvalue weighted by Gasteiger charge is 2.14. The van der Waals surface area contributed by atoms with E-state index in [2.05, 4.69) is 6.92 Å². The zero-order valence-corrected chi connectivity index (χ0v) is 11.2. The highest BCUT2D eigenvalue weighted by atomic mass is 35.5. The first-order valence-corrected chi connectivity index (χ1v) is 6.56. The number of halogens is 2. The zero-order valence-electron chi connectivity index (χ0n) is 10.5. The molecule has 0 spiro atoms. The molecule has 0 fully saturated rings. The highest BCUT2D eigenvalue weighted by molar-refractivity contribution is 6.32. The predicted octanol–water partition coefficient (Wildman–Crippen LogP) is 4.19. The van der Waals surface area contributed by atoms with Gasteiger partial charge in [0.05, 0.1) is 13.2 Å². The number of hydrogen-bond acceptors (Lipinski definition) is 1. The van der Waals surface area contributed by atoms with Gasteiger partial charge in [-0.05, 0) is 12.5 Å². The fraction of sp³-hybridized carbons (Fsp3) is 0.429. The molecule has 2 aromatic rings. The van der Waals surface area contributed by atoms with Crippen LogP contribution in [0.2, 0.25) is 5.15 Å². The lowest BCUT2D eigenvalue weighted by molar-refractivity contribution is 0.122. The molecule has 1 aromatic carbocycles. The van der Waals surface area contributed by atoms with Crippen molar-refractivity contribution in [2.75, 3.05) is 13.3 Å². The molecule has 1 heterocycles. The Balaban J connectivity index is 2.41. The Morgan fingerprint density at radius 1 is 1.33 bits per heavy atom.